The Morgan fingerprint density at radius 1 is 1.21 bits per heavy atom. The van der Waals surface area contributed by atoms with Gasteiger partial charge in [-0.2, -0.15) is 0 Å². The maximum absolute atomic E-state index is 11.7. The number of carbonyl (C=O) groups is 2. The van der Waals surface area contributed by atoms with Crippen LogP contribution in [0.15, 0.2) is 41.8 Å². The van der Waals surface area contributed by atoms with Crippen LogP contribution in [0.5, 0.6) is 0 Å². The molecular formula is C15H15N3O5S. The van der Waals surface area contributed by atoms with Gasteiger partial charge in [-0.1, -0.05) is 6.07 Å². The van der Waals surface area contributed by atoms with Crippen LogP contribution in [0.2, 0.25) is 0 Å². The van der Waals surface area contributed by atoms with E-state index in [1.807, 2.05) is 11.4 Å². The lowest BCUT2D eigenvalue weighted by atomic mass is 10.2. The number of amides is 2. The van der Waals surface area contributed by atoms with Gasteiger partial charge in [0.15, 0.2) is 0 Å². The lowest BCUT2D eigenvalue weighted by Crippen LogP contribution is -2.36. The molecule has 0 aliphatic rings. The molecule has 2 rings (SSSR count). The Morgan fingerprint density at radius 2 is 1.92 bits per heavy atom. The minimum Gasteiger partial charge on any atom is -0.388 e. The zero-order valence-electron chi connectivity index (χ0n) is 12.5. The highest BCUT2D eigenvalue weighted by Crippen LogP contribution is 2.20. The second-order valence-electron chi connectivity index (χ2n) is 4.83. The second kappa shape index (κ2) is 8.18. The maximum Gasteiger partial charge on any atom is 0.313 e. The van der Waals surface area contributed by atoms with Crippen LogP contribution in [-0.4, -0.2) is 28.4 Å². The summed E-state index contributed by atoms with van der Waals surface area (Å²) in [7, 11) is 0. The number of nitrogens with zero attached hydrogens (tertiary/aromatic N) is 1. The molecule has 0 fully saturated rings. The first kappa shape index (κ1) is 17.6. The molecule has 3 N–H and O–H groups in total. The molecular weight excluding hydrogens is 334 g/mol. The molecule has 0 saturated heterocycles. The summed E-state index contributed by atoms with van der Waals surface area (Å²) in [5.74, 6) is -1.72. The standard InChI is InChI=1S/C15H15N3O5S/c19-12(13-2-1-9-24-13)7-8-16-14(20)15(21)17-10-3-5-11(6-4-10)18(22)23/h1-6,9,12,19H,7-8H2,(H,16,20)(H,17,21). The zero-order valence-corrected chi connectivity index (χ0v) is 13.3. The zero-order chi connectivity index (χ0) is 17.5. The average molecular weight is 349 g/mol. The largest absolute Gasteiger partial charge is 0.388 e. The van der Waals surface area contributed by atoms with Crippen molar-refractivity contribution in [1.82, 2.24) is 5.32 Å². The summed E-state index contributed by atoms with van der Waals surface area (Å²) in [5, 5.41) is 27.0. The number of anilines is 1. The van der Waals surface area contributed by atoms with Crippen molar-refractivity contribution in [1.29, 1.82) is 0 Å². The predicted molar refractivity (Wildman–Crippen MR) is 88.6 cm³/mol. The van der Waals surface area contributed by atoms with Gasteiger partial charge in [-0.15, -0.1) is 11.3 Å². The number of non-ortho nitro benzene ring substituents is 1. The van der Waals surface area contributed by atoms with Crippen molar-refractivity contribution in [2.45, 2.75) is 12.5 Å². The van der Waals surface area contributed by atoms with Crippen molar-refractivity contribution in [2.75, 3.05) is 11.9 Å². The fourth-order valence-corrected chi connectivity index (χ4v) is 2.63. The first-order valence-electron chi connectivity index (χ1n) is 7.02. The minimum absolute atomic E-state index is 0.111. The Bertz CT molecular complexity index is 715. The molecule has 126 valence electrons. The number of aliphatic hydroxyl groups is 1. The van der Waals surface area contributed by atoms with Gasteiger partial charge in [0.25, 0.3) is 5.69 Å². The highest BCUT2D eigenvalue weighted by atomic mass is 32.1. The highest BCUT2D eigenvalue weighted by Gasteiger charge is 2.15. The highest BCUT2D eigenvalue weighted by molar-refractivity contribution is 7.10. The number of thiophene rings is 1. The fourth-order valence-electron chi connectivity index (χ4n) is 1.88. The van der Waals surface area contributed by atoms with Crippen molar-refractivity contribution in [3.05, 3.63) is 56.8 Å². The molecule has 2 aromatic rings. The molecule has 0 aliphatic carbocycles. The smallest absolute Gasteiger partial charge is 0.313 e. The minimum atomic E-state index is -0.880. The van der Waals surface area contributed by atoms with Gasteiger partial charge in [-0.3, -0.25) is 19.7 Å². The van der Waals surface area contributed by atoms with E-state index in [-0.39, 0.29) is 24.3 Å². The number of hydrogen-bond acceptors (Lipinski definition) is 6. The lowest BCUT2D eigenvalue weighted by molar-refractivity contribution is -0.384. The van der Waals surface area contributed by atoms with E-state index in [1.165, 1.54) is 35.6 Å². The molecule has 24 heavy (non-hydrogen) atoms. The number of nitrogens with one attached hydrogen (secondary N) is 2. The fraction of sp³-hybridized carbons (Fsp3) is 0.200. The van der Waals surface area contributed by atoms with Gasteiger partial charge < -0.3 is 15.7 Å². The van der Waals surface area contributed by atoms with Crippen LogP contribution in [0.4, 0.5) is 11.4 Å². The molecule has 0 bridgehead atoms. The summed E-state index contributed by atoms with van der Waals surface area (Å²) in [6.45, 7) is 0.144. The molecule has 0 aliphatic heterocycles. The summed E-state index contributed by atoms with van der Waals surface area (Å²) in [5.41, 5.74) is 0.166. The third kappa shape index (κ3) is 4.86. The second-order valence-corrected chi connectivity index (χ2v) is 5.81. The quantitative estimate of drug-likeness (QED) is 0.417. The predicted octanol–water partition coefficient (Wildman–Crippen LogP) is 1.83. The number of carbonyl (C=O) groups excluding carboxylic acids is 2. The molecule has 1 heterocycles. The van der Waals surface area contributed by atoms with E-state index in [0.717, 1.165) is 4.88 Å². The molecule has 2 amide bonds. The van der Waals surface area contributed by atoms with E-state index in [0.29, 0.717) is 0 Å². The molecule has 1 aromatic carbocycles. The van der Waals surface area contributed by atoms with Crippen LogP contribution in [0.1, 0.15) is 17.4 Å². The SMILES string of the molecule is O=C(NCCC(O)c1cccs1)C(=O)Nc1ccc([N+](=O)[O-])cc1. The van der Waals surface area contributed by atoms with Crippen LogP contribution in [0.3, 0.4) is 0 Å². The van der Waals surface area contributed by atoms with Crippen molar-refractivity contribution in [2.24, 2.45) is 0 Å². The van der Waals surface area contributed by atoms with E-state index >= 15 is 0 Å². The third-order valence-corrected chi connectivity index (χ3v) is 4.09. The number of hydrogen-bond donors (Lipinski definition) is 3. The van der Waals surface area contributed by atoms with Crippen LogP contribution >= 0.6 is 11.3 Å². The lowest BCUT2D eigenvalue weighted by Gasteiger charge is -2.09. The van der Waals surface area contributed by atoms with Crippen LogP contribution in [-0.2, 0) is 9.59 Å². The average Bonchev–Trinajstić information content (AvgIpc) is 3.09. The van der Waals surface area contributed by atoms with Crippen molar-refractivity contribution >= 4 is 34.5 Å². The Balaban J connectivity index is 1.77. The topological polar surface area (TPSA) is 122 Å². The molecule has 1 atom stereocenters. The number of nitro groups is 1. The van der Waals surface area contributed by atoms with Crippen molar-refractivity contribution in [3.63, 3.8) is 0 Å². The van der Waals surface area contributed by atoms with Gasteiger partial charge in [0.1, 0.15) is 0 Å². The van der Waals surface area contributed by atoms with Gasteiger partial charge in [0.05, 0.1) is 11.0 Å². The molecule has 9 heteroatoms. The van der Waals surface area contributed by atoms with Gasteiger partial charge in [-0.05, 0) is 30.0 Å². The summed E-state index contributed by atoms with van der Waals surface area (Å²) in [4.78, 5) is 34.2. The van der Waals surface area contributed by atoms with Crippen LogP contribution in [0.25, 0.3) is 0 Å². The van der Waals surface area contributed by atoms with E-state index in [2.05, 4.69) is 10.6 Å². The molecule has 0 saturated carbocycles. The Hall–Kier alpha value is -2.78. The van der Waals surface area contributed by atoms with Crippen LogP contribution < -0.4 is 10.6 Å². The third-order valence-electron chi connectivity index (χ3n) is 3.12. The van der Waals surface area contributed by atoms with Crippen molar-refractivity contribution < 1.29 is 19.6 Å². The first-order valence-corrected chi connectivity index (χ1v) is 7.90. The van der Waals surface area contributed by atoms with Crippen LogP contribution in [0, 0.1) is 10.1 Å². The normalized spacial score (nSPS) is 11.5. The van der Waals surface area contributed by atoms with Gasteiger partial charge in [0, 0.05) is 29.2 Å². The summed E-state index contributed by atoms with van der Waals surface area (Å²) in [6.07, 6.45) is -0.403. The number of nitro benzene ring substituents is 1. The number of rotatable bonds is 6. The summed E-state index contributed by atoms with van der Waals surface area (Å²) >= 11 is 1.41. The molecule has 8 nitrogen and oxygen atoms in total. The molecule has 1 aromatic heterocycles. The van der Waals surface area contributed by atoms with E-state index in [4.69, 9.17) is 0 Å². The molecule has 0 radical (unpaired) electrons. The van der Waals surface area contributed by atoms with Gasteiger partial charge in [-0.25, -0.2) is 0 Å². The molecule has 1 unspecified atom stereocenters. The van der Waals surface area contributed by atoms with E-state index in [1.54, 1.807) is 6.07 Å². The maximum atomic E-state index is 11.7. The monoisotopic (exact) mass is 349 g/mol. The first-order chi connectivity index (χ1) is 11.5. The summed E-state index contributed by atoms with van der Waals surface area (Å²) in [6, 6.07) is 8.74. The van der Waals surface area contributed by atoms with Gasteiger partial charge in [0.2, 0.25) is 0 Å². The Labute approximate surface area is 141 Å². The van der Waals surface area contributed by atoms with Crippen molar-refractivity contribution in [3.8, 4) is 0 Å². The Kier molecular flexibility index (Phi) is 5.99. The van der Waals surface area contributed by atoms with E-state index in [9.17, 15) is 24.8 Å². The number of aliphatic hydroxyl groups excluding tert-OH is 1. The molecule has 0 spiro atoms. The van der Waals surface area contributed by atoms with E-state index < -0.39 is 22.8 Å². The number of benzene rings is 1. The van der Waals surface area contributed by atoms with Gasteiger partial charge >= 0.3 is 11.8 Å². The Morgan fingerprint density at radius 3 is 2.50 bits per heavy atom. The summed E-state index contributed by atoms with van der Waals surface area (Å²) < 4.78 is 0.